The van der Waals surface area contributed by atoms with E-state index in [1.165, 1.54) is 5.92 Å². The van der Waals surface area contributed by atoms with Crippen molar-refractivity contribution < 1.29 is 98.9 Å². The van der Waals surface area contributed by atoms with Gasteiger partial charge in [-0.15, -0.1) is 5.92 Å². The fraction of sp³-hybridized carbons (Fsp3) is 0.622. The van der Waals surface area contributed by atoms with Gasteiger partial charge in [0.15, 0.2) is 5.78 Å². The van der Waals surface area contributed by atoms with Crippen molar-refractivity contribution in [2.24, 2.45) is 29.4 Å². The van der Waals surface area contributed by atoms with Crippen LogP contribution in [0.15, 0.2) is 24.3 Å². The molecule has 11 nitrogen and oxygen atoms in total. The summed E-state index contributed by atoms with van der Waals surface area (Å²) in [6, 6.07) is 5.43. The van der Waals surface area contributed by atoms with Crippen molar-refractivity contribution in [1.82, 2.24) is 10.6 Å². The van der Waals surface area contributed by atoms with Crippen LogP contribution in [0.4, 0.5) is 10.5 Å². The van der Waals surface area contributed by atoms with E-state index in [9.17, 15) is 28.8 Å². The van der Waals surface area contributed by atoms with Gasteiger partial charge in [-0.2, -0.15) is 41.0 Å². The molecule has 50 heavy (non-hydrogen) atoms. The summed E-state index contributed by atoms with van der Waals surface area (Å²) in [6.07, 6.45) is 6.02. The zero-order valence-corrected chi connectivity index (χ0v) is 36.6. The van der Waals surface area contributed by atoms with Crippen LogP contribution in [0.2, 0.25) is 0 Å². The summed E-state index contributed by atoms with van der Waals surface area (Å²) >= 11 is 0. The molecular weight excluding hydrogens is 790 g/mol. The molecule has 0 saturated heterocycles. The van der Waals surface area contributed by atoms with Crippen LogP contribution in [0.3, 0.4) is 0 Å². The topological polar surface area (TPSA) is 174 Å². The molecule has 1 rings (SSSR count). The quantitative estimate of drug-likeness (QED) is 0.0606. The fourth-order valence-electron chi connectivity index (χ4n) is 3.19. The molecule has 4 amide bonds. The number of anilines is 1. The molecule has 0 saturated carbocycles. The van der Waals surface area contributed by atoms with Crippen LogP contribution in [-0.2, 0) is 101 Å². The number of amides is 4. The summed E-state index contributed by atoms with van der Waals surface area (Å²) in [7, 11) is 0. The van der Waals surface area contributed by atoms with Gasteiger partial charge < -0.3 is 48.3 Å². The molecule has 0 aliphatic carbocycles. The number of primary amides is 1. The van der Waals surface area contributed by atoms with Gasteiger partial charge in [0.1, 0.15) is 6.61 Å². The molecule has 0 heterocycles. The Morgan fingerprint density at radius 3 is 1.74 bits per heavy atom. The number of urea groups is 1. The third-order valence-corrected chi connectivity index (χ3v) is 5.38. The first-order valence-electron chi connectivity index (χ1n) is 15.6. The molecule has 286 valence electrons. The number of carbonyl (C=O) groups is 4. The molecule has 0 fully saturated rings. The molecule has 0 aliphatic rings. The normalized spacial score (nSPS) is 10.5. The van der Waals surface area contributed by atoms with Crippen molar-refractivity contribution in [3.63, 3.8) is 0 Å². The summed E-state index contributed by atoms with van der Waals surface area (Å²) in [5.41, 5.74) is 6.36. The van der Waals surface area contributed by atoms with E-state index in [0.29, 0.717) is 18.5 Å². The van der Waals surface area contributed by atoms with Crippen LogP contribution in [0.1, 0.15) is 116 Å². The Morgan fingerprint density at radius 1 is 0.920 bits per heavy atom. The fourth-order valence-corrected chi connectivity index (χ4v) is 3.19. The van der Waals surface area contributed by atoms with Gasteiger partial charge in [-0.05, 0) is 36.5 Å². The van der Waals surface area contributed by atoms with E-state index in [-0.39, 0.29) is 135 Å². The molecule has 0 spiro atoms. The van der Waals surface area contributed by atoms with Gasteiger partial charge >= 0.3 is 12.0 Å². The van der Waals surface area contributed by atoms with E-state index < -0.39 is 18.0 Å². The number of nitrogens with two attached hydrogens (primary N) is 1. The first-order valence-corrected chi connectivity index (χ1v) is 15.6. The zero-order chi connectivity index (χ0) is 36.2. The van der Waals surface area contributed by atoms with E-state index in [2.05, 4.69) is 36.7 Å². The van der Waals surface area contributed by atoms with Gasteiger partial charge in [-0.25, -0.2) is 4.79 Å². The van der Waals surface area contributed by atoms with Gasteiger partial charge in [0.2, 0.25) is 5.91 Å². The summed E-state index contributed by atoms with van der Waals surface area (Å²) in [5, 5.41) is 7.65. The number of carbonyl (C=O) groups excluding carboxylic acids is 6. The van der Waals surface area contributed by atoms with Crippen LogP contribution in [0.5, 0.6) is 0 Å². The first-order chi connectivity index (χ1) is 21.5. The largest absolute Gasteiger partial charge is 0.542 e. The van der Waals surface area contributed by atoms with E-state index in [1.54, 1.807) is 78.5 Å². The minimum absolute atomic E-state index is 0. The molecule has 5 N–H and O–H groups in total. The number of ether oxygens (including phenoxy) is 1. The molecule has 0 aromatic heterocycles. The minimum Gasteiger partial charge on any atom is -0.542 e. The van der Waals surface area contributed by atoms with Crippen LogP contribution >= 0.6 is 0 Å². The van der Waals surface area contributed by atoms with E-state index in [1.807, 2.05) is 20.3 Å². The van der Waals surface area contributed by atoms with Crippen molar-refractivity contribution in [3.05, 3.63) is 42.2 Å². The Kier molecular flexibility index (Phi) is 51.1. The van der Waals surface area contributed by atoms with Gasteiger partial charge in [-0.3, -0.25) is 20.7 Å². The molecule has 0 unspecified atom stereocenters. The summed E-state index contributed by atoms with van der Waals surface area (Å²) in [5.74, 6) is -0.485. The number of Topliss-reactive ketones (excluding diaryl/α,β-unsaturated/α-hetero) is 1. The third-order valence-electron chi connectivity index (χ3n) is 5.38. The first kappa shape index (κ1) is 63.5. The standard InChI is InChI=1S/C24H35N4O6.C4H7O.C4H9.C3H7.2CH4.2Y/c1-15(2)21(27-14-29)20(30)12-18(6-5-11-26-24(25)33)22(31)28-19-9-7-17(8-10-19)13-34-23(32)16(3)4;1-4(2)3-5;1-4(2)3;1-3-2;;;;/h7-10,15-16,18,21H,5-6,11-13H2,1-4H3,(H,27,29)(H,28,31)(H3,25,26,33);4H,1-2H3;1-3H3;3H,1-2H3;2*1H4;;/q4*-1;;;;/t18-,21+;;;;;;;/m1......./s1. The van der Waals surface area contributed by atoms with Gasteiger partial charge in [0.25, 0.3) is 0 Å². The average Bonchev–Trinajstić information content (AvgIpc) is 2.96. The summed E-state index contributed by atoms with van der Waals surface area (Å²) in [6.45, 7) is 21.3. The molecule has 0 aliphatic heterocycles. The Balaban J connectivity index is -0.000000200. The molecule has 13 heteroatoms. The number of nitrogens with one attached hydrogen (secondary N) is 3. The maximum Gasteiger partial charge on any atom is 0.312 e. The van der Waals surface area contributed by atoms with Gasteiger partial charge in [-0.1, -0.05) is 68.5 Å². The Morgan fingerprint density at radius 2 is 1.38 bits per heavy atom. The van der Waals surface area contributed by atoms with Crippen LogP contribution in [-0.4, -0.2) is 49.0 Å². The number of esters is 1. The Labute approximate surface area is 355 Å². The van der Waals surface area contributed by atoms with Crippen molar-refractivity contribution in [3.8, 4) is 0 Å². The van der Waals surface area contributed by atoms with Crippen molar-refractivity contribution in [2.75, 3.05) is 11.9 Å². The summed E-state index contributed by atoms with van der Waals surface area (Å²) < 4.78 is 5.19. The molecule has 1 aromatic rings. The monoisotopic (exact) mass is 856 g/mol. The number of benzene rings is 1. The van der Waals surface area contributed by atoms with E-state index >= 15 is 0 Å². The molecule has 2 atom stereocenters. The van der Waals surface area contributed by atoms with Crippen molar-refractivity contribution >= 4 is 42.1 Å². The number of hydrogen-bond acceptors (Lipinski definition) is 7. The smallest absolute Gasteiger partial charge is 0.312 e. The number of hydrogen-bond donors (Lipinski definition) is 4. The Bertz CT molecular complexity index is 1000. The van der Waals surface area contributed by atoms with E-state index in [0.717, 1.165) is 5.56 Å². The predicted octanol–water partition coefficient (Wildman–Crippen LogP) is 6.90. The zero-order valence-electron chi connectivity index (χ0n) is 30.9. The van der Waals surface area contributed by atoms with Crippen molar-refractivity contribution in [2.45, 2.75) is 123 Å². The summed E-state index contributed by atoms with van der Waals surface area (Å²) in [4.78, 5) is 68.3. The Hall–Kier alpha value is -1.55. The average molecular weight is 857 g/mol. The maximum absolute atomic E-state index is 13.0. The second-order valence-electron chi connectivity index (χ2n) is 12.1. The van der Waals surface area contributed by atoms with Crippen LogP contribution in [0, 0.1) is 36.0 Å². The molecule has 2 radical (unpaired) electrons. The molecule has 0 bridgehead atoms. The third kappa shape index (κ3) is 39.2. The van der Waals surface area contributed by atoms with Crippen LogP contribution in [0.25, 0.3) is 0 Å². The second-order valence-corrected chi connectivity index (χ2v) is 12.1. The number of rotatable bonds is 16. The second kappa shape index (κ2) is 40.2. The predicted molar refractivity (Wildman–Crippen MR) is 197 cm³/mol. The SMILES string of the molecule is C.C.CC(C)C(=O)OCc1ccc(NC(=O)[C@H](CCCNC(N)=O)CC(=O)[C@@H](N[C-]=O)C(C)C)cc1.CC(C)[C-]=O.C[C-](C)C.C[CH-]C.[Y].[Y]. The van der Waals surface area contributed by atoms with Gasteiger partial charge in [0.05, 0.1) is 12.0 Å². The minimum atomic E-state index is -0.746. The van der Waals surface area contributed by atoms with Gasteiger partial charge in [0, 0.05) is 90.0 Å². The molecular formula is C37H66N4O7Y2-4. The molecule has 1 aromatic carbocycles. The van der Waals surface area contributed by atoms with Crippen LogP contribution < -0.4 is 21.7 Å². The van der Waals surface area contributed by atoms with E-state index in [4.69, 9.17) is 10.5 Å². The maximum atomic E-state index is 13.0. The number of ketones is 1. The van der Waals surface area contributed by atoms with Crippen molar-refractivity contribution in [1.29, 1.82) is 0 Å².